The van der Waals surface area contributed by atoms with Crippen LogP contribution in [-0.4, -0.2) is 237 Å². The molecule has 714 valence electrons. The smallest absolute Gasteiger partial charge is 0.291 e. The van der Waals surface area contributed by atoms with Crippen molar-refractivity contribution in [1.29, 1.82) is 0 Å². The van der Waals surface area contributed by atoms with Crippen LogP contribution in [0.5, 0.6) is 0 Å². The number of nitrogens with zero attached hydrogens (tertiary/aromatic N) is 16. The molecule has 0 aliphatic heterocycles. The first-order chi connectivity index (χ1) is 64.3. The molecule has 0 aliphatic rings. The number of imidazole rings is 4. The highest BCUT2D eigenvalue weighted by atomic mass is 35.5. The van der Waals surface area contributed by atoms with E-state index in [1.165, 1.54) is 155 Å². The van der Waals surface area contributed by atoms with Crippen LogP contribution in [0.25, 0.3) is 0 Å². The maximum absolute atomic E-state index is 14.4. The Bertz CT molecular complexity index is 6290. The highest BCUT2D eigenvalue weighted by Gasteiger charge is 2.30. The van der Waals surface area contributed by atoms with Crippen LogP contribution < -0.4 is 84.7 Å². The quantitative estimate of drug-likeness (QED) is 0.0179. The molecule has 1 atom stereocenters. The van der Waals surface area contributed by atoms with Crippen LogP contribution in [0.1, 0.15) is 156 Å². The van der Waals surface area contributed by atoms with Gasteiger partial charge in [-0.15, -0.1) is 23.2 Å². The van der Waals surface area contributed by atoms with Crippen LogP contribution in [0.4, 0.5) is 63.1 Å². The fourth-order valence-electron chi connectivity index (χ4n) is 14.3. The molecule has 0 bridgehead atoms. The summed E-state index contributed by atoms with van der Waals surface area (Å²) in [6.07, 6.45) is 16.1. The lowest BCUT2D eigenvalue weighted by Crippen LogP contribution is -2.46. The first-order valence-electron chi connectivity index (χ1n) is 42.5. The van der Waals surface area contributed by atoms with Crippen molar-refractivity contribution in [3.05, 3.63) is 186 Å². The van der Waals surface area contributed by atoms with Crippen LogP contribution in [0, 0.1) is 0 Å². The minimum atomic E-state index is -1.36. The van der Waals surface area contributed by atoms with Crippen molar-refractivity contribution in [2.24, 2.45) is 70.5 Å². The Kier molecular flexibility index (Phi) is 33.5. The lowest BCUT2D eigenvalue weighted by molar-refractivity contribution is -0.122. The monoisotopic (exact) mass is 1900 g/mol. The fourth-order valence-corrected chi connectivity index (χ4v) is 14.7. The number of aromatic nitrogens is 14. The molecule has 48 heteroatoms. The van der Waals surface area contributed by atoms with Crippen molar-refractivity contribution in [2.75, 3.05) is 130 Å². The number of nitrogens with one attached hydrogen (secondary N) is 15. The zero-order valence-electron chi connectivity index (χ0n) is 76.5. The number of rotatable bonds is 44. The molecular weight excluding hydrogens is 1790 g/mol. The van der Waals surface area contributed by atoms with Crippen molar-refractivity contribution >= 4 is 175 Å². The first-order valence-corrected chi connectivity index (χ1v) is 43.5. The van der Waals surface area contributed by atoms with Crippen LogP contribution in [-0.2, 0) is 101 Å². The molecule has 10 aromatic heterocycles. The second kappa shape index (κ2) is 45.3. The Hall–Kier alpha value is -15.9. The summed E-state index contributed by atoms with van der Waals surface area (Å²) < 4.78 is 14.4. The average Bonchev–Trinajstić information content (AvgIpc) is 1.68. The molecule has 11 rings (SSSR count). The number of hydrogen-bond acceptors (Lipinski definition) is 21. The van der Waals surface area contributed by atoms with Crippen molar-refractivity contribution in [3.63, 3.8) is 0 Å². The SMILES string of the molecule is CC(=O)Nc1cn(C)c(C(=O)Nc2cc(C(=O)Nc3cc(C(=O)NCCC(=O)Nc4cn(C)c(C(=O)Nc5cc(C(=O)N[C@H](CCNC(=O)CCCc6ccc(N(CCCl)CCCl)cc6)C(=O)Nc6cn(C)c(C(=O)Nc7cc(C(=O)NCCC(=O)Nc8cn(C)c(C(=O)Nc9cc(C(=O)Nc%10cc(C(=O)NCCCN(C)C)n(C)c%10)n(C)c9)n8)n(C)c7)n6)n(C)c5)n4)n(C)c3)n(C)c2)n1. The number of alkyl halides is 2. The van der Waals surface area contributed by atoms with E-state index in [0.29, 0.717) is 55.6 Å². The summed E-state index contributed by atoms with van der Waals surface area (Å²) in [5.41, 5.74) is 4.40. The lowest BCUT2D eigenvalue weighted by atomic mass is 10.1. The second-order valence-electron chi connectivity index (χ2n) is 32.1. The Morgan fingerprint density at radius 3 is 1.01 bits per heavy atom. The summed E-state index contributed by atoms with van der Waals surface area (Å²) in [5.74, 6) is -8.09. The third-order valence-corrected chi connectivity index (χ3v) is 21.3. The second-order valence-corrected chi connectivity index (χ2v) is 32.8. The maximum atomic E-state index is 14.4. The number of anilines is 11. The van der Waals surface area contributed by atoms with Gasteiger partial charge in [-0.25, -0.2) is 19.9 Å². The van der Waals surface area contributed by atoms with Gasteiger partial charge >= 0.3 is 0 Å². The summed E-state index contributed by atoms with van der Waals surface area (Å²) in [4.78, 5) is 222. The molecule has 15 amide bonds. The standard InChI is InChI=1S/C87H107Cl2N31O15/c1-50(121)94-66-46-116(10)73(104-66)84(132)98-55-37-63(113(7)43-55)82(130)96-53-35-61(111(5)41-53)79(127)92-29-23-71(123)103-68-48-118(12)75(106-68)86(134)100-57-39-65(115(9)45-57)83(131)101-59(22-28-90-70(122)17-14-16-51-18-20-58(21-19-51)120(32-25-88)33-26-89)77(125)108-69-49-119(13)76(107-69)87(135)97-54-36-62(112(6)42-54)80(128)93-30-24-72(124)102-67-47-117(11)74(105-67)85(133)99-56-38-64(114(8)44-56)81(129)95-52-34-60(110(4)40-52)78(126)91-27-15-31-109(2)3/h18-21,34-49,59H,14-17,22-33H2,1-13H3,(H,90,122)(H,91,126)(H,92,127)(H,93,128)(H,94,121)(H,95,129)(H,96,130)(H,97,135)(H,98,132)(H,99,133)(H,100,134)(H,101,131)(H,102,124)(H,103,123)(H,108,125)/t59-/m1/s1. The maximum Gasteiger partial charge on any atom is 0.291 e. The molecule has 0 fully saturated rings. The molecule has 10 heterocycles. The van der Waals surface area contributed by atoms with E-state index in [1.54, 1.807) is 66.2 Å². The van der Waals surface area contributed by atoms with E-state index < -0.39 is 76.9 Å². The number of carbonyl (C=O) groups excluding carboxylic acids is 15. The van der Waals surface area contributed by atoms with Crippen LogP contribution in [0.2, 0.25) is 0 Å². The van der Waals surface area contributed by atoms with Crippen molar-refractivity contribution < 1.29 is 71.9 Å². The summed E-state index contributed by atoms with van der Waals surface area (Å²) in [6, 6.07) is 15.2. The Labute approximate surface area is 783 Å². The van der Waals surface area contributed by atoms with Crippen molar-refractivity contribution in [3.8, 4) is 0 Å². The molecule has 0 unspecified atom stereocenters. The van der Waals surface area contributed by atoms with Gasteiger partial charge in [0, 0.05) is 215 Å². The van der Waals surface area contributed by atoms with E-state index >= 15 is 0 Å². The van der Waals surface area contributed by atoms with Gasteiger partial charge in [-0.2, -0.15) is 0 Å². The molecule has 0 saturated heterocycles. The van der Waals surface area contributed by atoms with Gasteiger partial charge in [0.15, 0.2) is 23.3 Å². The van der Waals surface area contributed by atoms with Gasteiger partial charge in [0.25, 0.3) is 59.1 Å². The fraction of sp³-hybridized carbons (Fsp3) is 0.345. The molecule has 15 N–H and O–H groups in total. The highest BCUT2D eigenvalue weighted by Crippen LogP contribution is 2.26. The van der Waals surface area contributed by atoms with Crippen LogP contribution >= 0.6 is 23.2 Å². The first kappa shape index (κ1) is 99.7. The topological polar surface area (TPSA) is 544 Å². The van der Waals surface area contributed by atoms with E-state index in [2.05, 4.69) is 105 Å². The molecule has 0 aliphatic carbocycles. The predicted octanol–water partition coefficient (Wildman–Crippen LogP) is 4.87. The predicted molar refractivity (Wildman–Crippen MR) is 505 cm³/mol. The average molecular weight is 1900 g/mol. The van der Waals surface area contributed by atoms with Crippen LogP contribution in [0.15, 0.2) is 123 Å². The highest BCUT2D eigenvalue weighted by molar-refractivity contribution is 6.19. The van der Waals surface area contributed by atoms with Gasteiger partial charge in [0.2, 0.25) is 52.8 Å². The van der Waals surface area contributed by atoms with E-state index in [0.717, 1.165) is 24.2 Å². The number of halogens is 2. The Morgan fingerprint density at radius 1 is 0.333 bits per heavy atom. The van der Waals surface area contributed by atoms with Crippen molar-refractivity contribution in [2.45, 2.75) is 57.9 Å². The van der Waals surface area contributed by atoms with Gasteiger partial charge < -0.3 is 135 Å². The number of carbonyl (C=O) groups is 15. The minimum absolute atomic E-state index is 0.00381. The molecule has 11 aromatic rings. The van der Waals surface area contributed by atoms with Gasteiger partial charge in [-0.1, -0.05) is 12.1 Å². The van der Waals surface area contributed by atoms with Gasteiger partial charge in [0.05, 0.1) is 34.1 Å². The third-order valence-electron chi connectivity index (χ3n) is 21.0. The van der Waals surface area contributed by atoms with E-state index in [-0.39, 0.29) is 167 Å². The van der Waals surface area contributed by atoms with E-state index in [9.17, 15) is 71.9 Å². The lowest BCUT2D eigenvalue weighted by Gasteiger charge is -2.23. The Balaban J connectivity index is 0.649. The number of benzene rings is 1. The molecule has 0 saturated carbocycles. The zero-order chi connectivity index (χ0) is 97.8. The summed E-state index contributed by atoms with van der Waals surface area (Å²) in [7, 11) is 19.6. The van der Waals surface area contributed by atoms with Gasteiger partial charge in [-0.3, -0.25) is 71.9 Å². The number of amides is 15. The molecule has 0 radical (unpaired) electrons. The normalized spacial score (nSPS) is 11.3. The molecular formula is C87H107Cl2N31O15. The number of aryl methyl sites for hydroxylation is 11. The molecule has 1 aromatic carbocycles. The minimum Gasteiger partial charge on any atom is -0.369 e. The van der Waals surface area contributed by atoms with Gasteiger partial charge in [-0.05, 0) is 100 Å². The summed E-state index contributed by atoms with van der Waals surface area (Å²) in [5, 5.41) is 40.5. The van der Waals surface area contributed by atoms with Gasteiger partial charge in [0.1, 0.15) is 40.2 Å². The van der Waals surface area contributed by atoms with E-state index in [1.807, 2.05) is 43.3 Å². The molecule has 46 nitrogen and oxygen atoms in total. The van der Waals surface area contributed by atoms with Crippen molar-refractivity contribution in [1.82, 2.24) is 97.1 Å². The molecule has 0 spiro atoms. The molecule has 135 heavy (non-hydrogen) atoms. The Morgan fingerprint density at radius 2 is 0.659 bits per heavy atom. The largest absolute Gasteiger partial charge is 0.369 e. The summed E-state index contributed by atoms with van der Waals surface area (Å²) in [6.45, 7) is 3.48. The summed E-state index contributed by atoms with van der Waals surface area (Å²) >= 11 is 12.1. The third kappa shape index (κ3) is 27.0. The number of hydrogen-bond donors (Lipinski definition) is 15. The van der Waals surface area contributed by atoms with Crippen LogP contribution in [0.3, 0.4) is 0 Å². The zero-order valence-corrected chi connectivity index (χ0v) is 78.0. The van der Waals surface area contributed by atoms with E-state index in [4.69, 9.17) is 23.2 Å².